The Bertz CT molecular complexity index is 780. The number of H-pyrrole nitrogens is 1. The van der Waals surface area contributed by atoms with E-state index in [1.165, 1.54) is 6.33 Å². The Kier molecular flexibility index (Phi) is 2.52. The van der Waals surface area contributed by atoms with Crippen molar-refractivity contribution in [2.75, 3.05) is 5.73 Å². The van der Waals surface area contributed by atoms with Crippen LogP contribution in [0.4, 0.5) is 10.3 Å². The van der Waals surface area contributed by atoms with Gasteiger partial charge in [0.15, 0.2) is 11.2 Å². The van der Waals surface area contributed by atoms with Crippen molar-refractivity contribution in [2.45, 2.75) is 6.30 Å². The predicted molar refractivity (Wildman–Crippen MR) is 68.3 cm³/mol. The van der Waals surface area contributed by atoms with Crippen molar-refractivity contribution < 1.29 is 4.39 Å². The van der Waals surface area contributed by atoms with Gasteiger partial charge in [-0.1, -0.05) is 30.3 Å². The van der Waals surface area contributed by atoms with E-state index in [0.29, 0.717) is 5.56 Å². The number of hydrogen-bond acceptors (Lipinski definition) is 4. The van der Waals surface area contributed by atoms with Crippen LogP contribution in [0.1, 0.15) is 11.9 Å². The zero-order valence-corrected chi connectivity index (χ0v) is 9.75. The molecule has 0 aliphatic heterocycles. The van der Waals surface area contributed by atoms with Gasteiger partial charge in [-0.25, -0.2) is 13.9 Å². The normalized spacial score (nSPS) is 12.7. The van der Waals surface area contributed by atoms with Crippen LogP contribution in [-0.4, -0.2) is 19.5 Å². The van der Waals surface area contributed by atoms with Crippen LogP contribution in [0.15, 0.2) is 41.5 Å². The number of nitrogens with zero attached hydrogens (tertiary/aromatic N) is 3. The number of nitrogens with one attached hydrogen (secondary N) is 1. The van der Waals surface area contributed by atoms with E-state index in [2.05, 4.69) is 15.0 Å². The Morgan fingerprint density at radius 3 is 2.79 bits per heavy atom. The van der Waals surface area contributed by atoms with Gasteiger partial charge < -0.3 is 10.7 Å². The van der Waals surface area contributed by atoms with Crippen LogP contribution in [0.3, 0.4) is 0 Å². The number of alkyl halides is 1. The Hall–Kier alpha value is -2.70. The highest BCUT2D eigenvalue weighted by molar-refractivity contribution is 5.69. The number of anilines is 1. The van der Waals surface area contributed by atoms with Crippen molar-refractivity contribution in [3.63, 3.8) is 0 Å². The van der Waals surface area contributed by atoms with Gasteiger partial charge in [-0.3, -0.25) is 4.79 Å². The molecule has 3 aromatic rings. The van der Waals surface area contributed by atoms with Crippen LogP contribution in [0, 0.1) is 0 Å². The van der Waals surface area contributed by atoms with Gasteiger partial charge in [-0.2, -0.15) is 4.98 Å². The number of nitrogen functional groups attached to an aromatic ring is 1. The summed E-state index contributed by atoms with van der Waals surface area (Å²) in [7, 11) is 0. The average Bonchev–Trinajstić information content (AvgIpc) is 2.88. The van der Waals surface area contributed by atoms with Crippen molar-refractivity contribution in [3.8, 4) is 0 Å². The maximum absolute atomic E-state index is 14.4. The summed E-state index contributed by atoms with van der Waals surface area (Å²) in [4.78, 5) is 22.5. The Morgan fingerprint density at radius 1 is 1.32 bits per heavy atom. The largest absolute Gasteiger partial charge is 0.369 e. The van der Waals surface area contributed by atoms with Gasteiger partial charge in [0.05, 0.1) is 6.33 Å². The van der Waals surface area contributed by atoms with Crippen LogP contribution in [-0.2, 0) is 0 Å². The molecule has 2 heterocycles. The molecule has 0 aliphatic carbocycles. The van der Waals surface area contributed by atoms with E-state index in [-0.39, 0.29) is 17.1 Å². The van der Waals surface area contributed by atoms with E-state index in [1.807, 2.05) is 0 Å². The zero-order valence-electron chi connectivity index (χ0n) is 9.75. The van der Waals surface area contributed by atoms with Crippen LogP contribution in [0.2, 0.25) is 0 Å². The highest BCUT2D eigenvalue weighted by Crippen LogP contribution is 2.20. The fraction of sp³-hybridized carbons (Fsp3) is 0.0833. The Labute approximate surface area is 106 Å². The predicted octanol–water partition coefficient (Wildman–Crippen LogP) is 1.22. The lowest BCUT2D eigenvalue weighted by molar-refractivity contribution is 0.291. The summed E-state index contributed by atoms with van der Waals surface area (Å²) in [5, 5.41) is 0. The minimum Gasteiger partial charge on any atom is -0.369 e. The lowest BCUT2D eigenvalue weighted by Crippen LogP contribution is -2.27. The number of benzene rings is 1. The number of fused-ring (bicyclic) bond motifs is 1. The molecule has 19 heavy (non-hydrogen) atoms. The van der Waals surface area contributed by atoms with Crippen molar-refractivity contribution in [2.24, 2.45) is 0 Å². The standard InChI is InChI=1S/C12H10FN5O/c13-9(7-4-2-1-3-5-7)18-11(19)8-10(16-6-15-8)17-12(18)14/h1-6,9H,(H2,14,17)(H,15,16). The molecule has 3 N–H and O–H groups in total. The number of rotatable bonds is 2. The molecule has 0 amide bonds. The fourth-order valence-corrected chi connectivity index (χ4v) is 1.90. The number of imidazole rings is 1. The van der Waals surface area contributed by atoms with E-state index >= 15 is 0 Å². The summed E-state index contributed by atoms with van der Waals surface area (Å²) in [6, 6.07) is 8.29. The third kappa shape index (κ3) is 1.75. The summed E-state index contributed by atoms with van der Waals surface area (Å²) in [5.41, 5.74) is 5.70. The lowest BCUT2D eigenvalue weighted by atomic mass is 10.2. The molecule has 2 aromatic heterocycles. The van der Waals surface area contributed by atoms with Crippen molar-refractivity contribution in [1.82, 2.24) is 19.5 Å². The zero-order chi connectivity index (χ0) is 13.4. The summed E-state index contributed by atoms with van der Waals surface area (Å²) >= 11 is 0. The topological polar surface area (TPSA) is 89.6 Å². The van der Waals surface area contributed by atoms with Gasteiger partial charge in [0.1, 0.15) is 0 Å². The average molecular weight is 259 g/mol. The second-order valence-corrected chi connectivity index (χ2v) is 3.99. The Balaban J connectivity index is 2.22. The fourth-order valence-electron chi connectivity index (χ4n) is 1.90. The number of halogens is 1. The van der Waals surface area contributed by atoms with Crippen LogP contribution in [0.5, 0.6) is 0 Å². The first-order valence-corrected chi connectivity index (χ1v) is 5.58. The quantitative estimate of drug-likeness (QED) is 0.724. The highest BCUT2D eigenvalue weighted by Gasteiger charge is 2.19. The van der Waals surface area contributed by atoms with E-state index in [4.69, 9.17) is 5.73 Å². The summed E-state index contributed by atoms with van der Waals surface area (Å²) in [5.74, 6) is -0.207. The molecule has 1 atom stereocenters. The molecular formula is C12H10FN5O. The molecule has 96 valence electrons. The van der Waals surface area contributed by atoms with E-state index in [9.17, 15) is 9.18 Å². The first-order valence-electron chi connectivity index (χ1n) is 5.58. The molecule has 0 saturated heterocycles. The molecule has 0 fully saturated rings. The minimum atomic E-state index is -1.69. The molecule has 6 nitrogen and oxygen atoms in total. The summed E-state index contributed by atoms with van der Waals surface area (Å²) in [6.07, 6.45) is -0.368. The first-order chi connectivity index (χ1) is 9.18. The summed E-state index contributed by atoms with van der Waals surface area (Å²) < 4.78 is 15.2. The molecular weight excluding hydrogens is 249 g/mol. The number of hydrogen-bond donors (Lipinski definition) is 2. The SMILES string of the molecule is Nc1nc2nc[nH]c2c(=O)n1C(F)c1ccccc1. The van der Waals surface area contributed by atoms with Crippen LogP contribution < -0.4 is 11.3 Å². The van der Waals surface area contributed by atoms with Gasteiger partial charge in [0.25, 0.3) is 5.56 Å². The number of nitrogens with two attached hydrogens (primary N) is 1. The summed E-state index contributed by atoms with van der Waals surface area (Å²) in [6.45, 7) is 0. The van der Waals surface area contributed by atoms with Crippen LogP contribution >= 0.6 is 0 Å². The number of aromatic nitrogens is 4. The van der Waals surface area contributed by atoms with Gasteiger partial charge in [-0.05, 0) is 0 Å². The molecule has 3 rings (SSSR count). The second kappa shape index (κ2) is 4.20. The van der Waals surface area contributed by atoms with E-state index in [0.717, 1.165) is 4.57 Å². The third-order valence-corrected chi connectivity index (χ3v) is 2.82. The maximum atomic E-state index is 14.4. The lowest BCUT2D eigenvalue weighted by Gasteiger charge is -2.13. The van der Waals surface area contributed by atoms with Crippen molar-refractivity contribution in [3.05, 3.63) is 52.6 Å². The van der Waals surface area contributed by atoms with Crippen LogP contribution in [0.25, 0.3) is 11.2 Å². The van der Waals surface area contributed by atoms with Crippen molar-refractivity contribution >= 4 is 17.1 Å². The number of aromatic amines is 1. The molecule has 0 spiro atoms. The highest BCUT2D eigenvalue weighted by atomic mass is 19.1. The van der Waals surface area contributed by atoms with Crippen molar-refractivity contribution in [1.29, 1.82) is 0 Å². The molecule has 0 bridgehead atoms. The second-order valence-electron chi connectivity index (χ2n) is 3.99. The molecule has 0 aliphatic rings. The molecule has 0 radical (unpaired) electrons. The van der Waals surface area contributed by atoms with E-state index in [1.54, 1.807) is 30.3 Å². The Morgan fingerprint density at radius 2 is 2.05 bits per heavy atom. The maximum Gasteiger partial charge on any atom is 0.283 e. The molecule has 7 heteroatoms. The monoisotopic (exact) mass is 259 g/mol. The van der Waals surface area contributed by atoms with Gasteiger partial charge in [0.2, 0.25) is 12.2 Å². The third-order valence-electron chi connectivity index (χ3n) is 2.82. The molecule has 1 aromatic carbocycles. The molecule has 1 unspecified atom stereocenters. The van der Waals surface area contributed by atoms with E-state index < -0.39 is 11.9 Å². The van der Waals surface area contributed by atoms with Gasteiger partial charge in [-0.15, -0.1) is 0 Å². The first kappa shape index (κ1) is 11.4. The smallest absolute Gasteiger partial charge is 0.283 e. The minimum absolute atomic E-state index is 0.132. The molecule has 0 saturated carbocycles. The van der Waals surface area contributed by atoms with Gasteiger partial charge >= 0.3 is 0 Å². The van der Waals surface area contributed by atoms with Gasteiger partial charge in [0, 0.05) is 5.56 Å².